The molecule has 0 radical (unpaired) electrons. The Kier molecular flexibility index (Phi) is 6.15. The number of fused-ring (bicyclic) bond motifs is 1. The number of aromatic nitrogens is 4. The second-order valence-corrected chi connectivity index (χ2v) is 11.6. The summed E-state index contributed by atoms with van der Waals surface area (Å²) in [6, 6.07) is 9.21. The Morgan fingerprint density at radius 3 is 2.73 bits per heavy atom. The van der Waals surface area contributed by atoms with Gasteiger partial charge in [-0.3, -0.25) is 14.6 Å². The van der Waals surface area contributed by atoms with Gasteiger partial charge in [-0.25, -0.2) is 12.7 Å². The first-order valence-corrected chi connectivity index (χ1v) is 12.8. The minimum absolute atomic E-state index is 0.194. The quantitative estimate of drug-likeness (QED) is 0.551. The van der Waals surface area contributed by atoms with Crippen molar-refractivity contribution in [3.8, 4) is 0 Å². The van der Waals surface area contributed by atoms with Gasteiger partial charge in [-0.05, 0) is 30.2 Å². The van der Waals surface area contributed by atoms with E-state index in [-0.39, 0.29) is 23.9 Å². The lowest BCUT2D eigenvalue weighted by molar-refractivity contribution is 0.102. The largest absolute Gasteiger partial charge is 0.318 e. The van der Waals surface area contributed by atoms with Gasteiger partial charge in [0.1, 0.15) is 0 Å². The van der Waals surface area contributed by atoms with E-state index in [1.807, 2.05) is 30.3 Å². The zero-order valence-corrected chi connectivity index (χ0v) is 20.2. The number of H-pyrrole nitrogens is 1. The van der Waals surface area contributed by atoms with Gasteiger partial charge in [0.2, 0.25) is 10.0 Å². The molecule has 1 atom stereocenters. The number of nitrogens with zero attached hydrogens (tertiary/aromatic N) is 4. The number of likely N-dealkylation sites (N-methyl/N-ethyl adjacent to an activating group) is 1. The van der Waals surface area contributed by atoms with E-state index < -0.39 is 10.0 Å². The SMILES string of the molecule is CN(CC(c1ccccc1)n1cc(NC(=O)c2n[nH]c3c2CCC(C)(C)C3)cn1)S(C)(=O)=O. The number of hydrogen-bond acceptors (Lipinski definition) is 5. The van der Waals surface area contributed by atoms with Crippen molar-refractivity contribution in [3.63, 3.8) is 0 Å². The zero-order valence-electron chi connectivity index (χ0n) is 19.4. The second kappa shape index (κ2) is 8.75. The van der Waals surface area contributed by atoms with Crippen LogP contribution in [0.1, 0.15) is 53.6 Å². The first-order chi connectivity index (χ1) is 15.5. The van der Waals surface area contributed by atoms with Crippen molar-refractivity contribution in [3.05, 3.63) is 65.2 Å². The number of anilines is 1. The van der Waals surface area contributed by atoms with Crippen LogP contribution in [0.4, 0.5) is 5.69 Å². The van der Waals surface area contributed by atoms with Crippen molar-refractivity contribution < 1.29 is 13.2 Å². The van der Waals surface area contributed by atoms with Crippen LogP contribution >= 0.6 is 0 Å². The molecule has 33 heavy (non-hydrogen) atoms. The molecule has 0 bridgehead atoms. The molecule has 4 rings (SSSR count). The van der Waals surface area contributed by atoms with Gasteiger partial charge < -0.3 is 5.32 Å². The van der Waals surface area contributed by atoms with Gasteiger partial charge in [-0.2, -0.15) is 10.2 Å². The van der Waals surface area contributed by atoms with Gasteiger partial charge in [0.15, 0.2) is 5.69 Å². The molecule has 2 heterocycles. The smallest absolute Gasteiger partial charge is 0.276 e. The summed E-state index contributed by atoms with van der Waals surface area (Å²) in [5.41, 5.74) is 4.06. The summed E-state index contributed by atoms with van der Waals surface area (Å²) in [5.74, 6) is -0.281. The highest BCUT2D eigenvalue weighted by molar-refractivity contribution is 7.88. The lowest BCUT2D eigenvalue weighted by Crippen LogP contribution is -2.33. The van der Waals surface area contributed by atoms with Crippen LogP contribution < -0.4 is 5.32 Å². The maximum absolute atomic E-state index is 12.9. The van der Waals surface area contributed by atoms with E-state index in [9.17, 15) is 13.2 Å². The summed E-state index contributed by atoms with van der Waals surface area (Å²) in [5, 5.41) is 14.6. The highest BCUT2D eigenvalue weighted by Crippen LogP contribution is 2.35. The van der Waals surface area contributed by atoms with Gasteiger partial charge >= 0.3 is 0 Å². The maximum atomic E-state index is 12.9. The first kappa shape index (κ1) is 23.2. The highest BCUT2D eigenvalue weighted by Gasteiger charge is 2.31. The zero-order chi connectivity index (χ0) is 23.8. The number of nitrogens with one attached hydrogen (secondary N) is 2. The molecule has 1 aromatic carbocycles. The summed E-state index contributed by atoms with van der Waals surface area (Å²) in [6.07, 6.45) is 7.14. The predicted octanol–water partition coefficient (Wildman–Crippen LogP) is 2.85. The fraction of sp³-hybridized carbons (Fsp3) is 0.435. The fourth-order valence-corrected chi connectivity index (χ4v) is 4.61. The number of amides is 1. The van der Waals surface area contributed by atoms with Crippen LogP contribution in [0.5, 0.6) is 0 Å². The lowest BCUT2D eigenvalue weighted by atomic mass is 9.76. The third kappa shape index (κ3) is 5.17. The minimum atomic E-state index is -3.36. The maximum Gasteiger partial charge on any atom is 0.276 e. The molecular formula is C23H30N6O3S. The number of hydrogen-bond donors (Lipinski definition) is 2. The summed E-state index contributed by atoms with van der Waals surface area (Å²) in [4.78, 5) is 12.9. The third-order valence-corrected chi connectivity index (χ3v) is 7.52. The molecule has 10 heteroatoms. The molecule has 9 nitrogen and oxygen atoms in total. The van der Waals surface area contributed by atoms with Crippen LogP contribution in [0.25, 0.3) is 0 Å². The van der Waals surface area contributed by atoms with Crippen molar-refractivity contribution >= 4 is 21.6 Å². The molecule has 1 unspecified atom stereocenters. The van der Waals surface area contributed by atoms with Crippen LogP contribution in [0.15, 0.2) is 42.7 Å². The van der Waals surface area contributed by atoms with Crippen molar-refractivity contribution in [2.24, 2.45) is 5.41 Å². The van der Waals surface area contributed by atoms with Gasteiger partial charge in [-0.15, -0.1) is 0 Å². The molecule has 1 aliphatic carbocycles. The highest BCUT2D eigenvalue weighted by atomic mass is 32.2. The Hall–Kier alpha value is -2.98. The van der Waals surface area contributed by atoms with E-state index in [2.05, 4.69) is 34.5 Å². The molecule has 1 aliphatic rings. The van der Waals surface area contributed by atoms with E-state index in [0.717, 1.165) is 36.1 Å². The van der Waals surface area contributed by atoms with Gasteiger partial charge in [0.05, 0.1) is 24.2 Å². The van der Waals surface area contributed by atoms with E-state index >= 15 is 0 Å². The molecule has 0 fully saturated rings. The lowest BCUT2D eigenvalue weighted by Gasteiger charge is -2.28. The molecule has 1 amide bonds. The second-order valence-electron chi connectivity index (χ2n) is 9.50. The van der Waals surface area contributed by atoms with Crippen LogP contribution in [0, 0.1) is 5.41 Å². The number of carbonyl (C=O) groups excluding carboxylic acids is 1. The number of rotatable bonds is 7. The fourth-order valence-electron chi connectivity index (χ4n) is 4.19. The molecule has 2 N–H and O–H groups in total. The Balaban J connectivity index is 1.55. The Bertz CT molecular complexity index is 1250. The number of sulfonamides is 1. The predicted molar refractivity (Wildman–Crippen MR) is 127 cm³/mol. The number of benzene rings is 1. The molecular weight excluding hydrogens is 440 g/mol. The number of carbonyl (C=O) groups is 1. The monoisotopic (exact) mass is 470 g/mol. The molecule has 0 saturated heterocycles. The van der Waals surface area contributed by atoms with Crippen LogP contribution in [-0.4, -0.2) is 58.5 Å². The van der Waals surface area contributed by atoms with Crippen molar-refractivity contribution in [1.29, 1.82) is 0 Å². The number of aromatic amines is 1. The summed E-state index contributed by atoms with van der Waals surface area (Å²) in [7, 11) is -1.82. The standard InChI is InChI=1S/C23H30N6O3S/c1-23(2)11-10-18-19(12-23)26-27-21(18)22(30)25-17-13-24-29(14-17)20(15-28(3)33(4,31)32)16-8-6-5-7-9-16/h5-9,13-14,20H,10-12,15H2,1-4H3,(H,25,30)(H,26,27). The summed E-state index contributed by atoms with van der Waals surface area (Å²) >= 11 is 0. The molecule has 0 saturated carbocycles. The average Bonchev–Trinajstić information content (AvgIpc) is 3.37. The van der Waals surface area contributed by atoms with Crippen LogP contribution in [-0.2, 0) is 22.9 Å². The van der Waals surface area contributed by atoms with E-state index in [0.29, 0.717) is 11.4 Å². The van der Waals surface area contributed by atoms with Crippen molar-refractivity contribution in [2.75, 3.05) is 25.2 Å². The van der Waals surface area contributed by atoms with Crippen molar-refractivity contribution in [1.82, 2.24) is 24.3 Å². The Morgan fingerprint density at radius 1 is 1.30 bits per heavy atom. The van der Waals surface area contributed by atoms with Gasteiger partial charge in [-0.1, -0.05) is 44.2 Å². The van der Waals surface area contributed by atoms with Gasteiger partial charge in [0.25, 0.3) is 5.91 Å². The van der Waals surface area contributed by atoms with Crippen LogP contribution in [0.3, 0.4) is 0 Å². The molecule has 3 aromatic rings. The summed E-state index contributed by atoms with van der Waals surface area (Å²) < 4.78 is 27.0. The Labute approximate surface area is 194 Å². The molecule has 176 valence electrons. The molecule has 2 aromatic heterocycles. The van der Waals surface area contributed by atoms with E-state index in [4.69, 9.17) is 0 Å². The van der Waals surface area contributed by atoms with Crippen LogP contribution in [0.2, 0.25) is 0 Å². The topological polar surface area (TPSA) is 113 Å². The first-order valence-electron chi connectivity index (χ1n) is 10.9. The third-order valence-electron chi connectivity index (χ3n) is 6.23. The normalized spacial score (nSPS) is 16.4. The summed E-state index contributed by atoms with van der Waals surface area (Å²) in [6.45, 7) is 4.64. The molecule has 0 aliphatic heterocycles. The van der Waals surface area contributed by atoms with Gasteiger partial charge in [0, 0.05) is 31.0 Å². The van der Waals surface area contributed by atoms with E-state index in [1.165, 1.54) is 10.6 Å². The van der Waals surface area contributed by atoms with E-state index in [1.54, 1.807) is 24.1 Å². The minimum Gasteiger partial charge on any atom is -0.318 e. The average molecular weight is 471 g/mol. The molecule has 0 spiro atoms. The Morgan fingerprint density at radius 2 is 2.03 bits per heavy atom. The van der Waals surface area contributed by atoms with Crippen molar-refractivity contribution in [2.45, 2.75) is 39.2 Å².